The number of thioether (sulfide) groups is 1. The predicted octanol–water partition coefficient (Wildman–Crippen LogP) is 6.15. The molecule has 1 aromatic heterocycles. The fraction of sp³-hybridized carbons (Fsp3) is 0.125. The number of carbonyl (C=O) groups excluding carboxylic acids is 3. The lowest BCUT2D eigenvalue weighted by Gasteiger charge is -2.13. The van der Waals surface area contributed by atoms with Gasteiger partial charge in [0.25, 0.3) is 11.1 Å². The Bertz CT molecular complexity index is 1270. The third kappa shape index (κ3) is 5.02. The molecule has 9 heteroatoms. The van der Waals surface area contributed by atoms with E-state index in [1.54, 1.807) is 43.3 Å². The van der Waals surface area contributed by atoms with E-state index in [2.05, 4.69) is 0 Å². The standard InChI is InChI=1S/C24H17ClFNO5S/c1-2-31-23(29)15-5-3-14(4-6-15)20-10-9-18(32-20)12-21-22(28)27(24(30)33-21)13-16-7-8-17(26)11-19(16)25/h3-12H,2,13H2,1H3/b21-12+. The van der Waals surface area contributed by atoms with Crippen molar-refractivity contribution in [1.82, 2.24) is 4.90 Å². The van der Waals surface area contributed by atoms with Crippen LogP contribution >= 0.6 is 23.4 Å². The van der Waals surface area contributed by atoms with Gasteiger partial charge in [0, 0.05) is 16.7 Å². The summed E-state index contributed by atoms with van der Waals surface area (Å²) in [6.07, 6.45) is 1.49. The Hall–Kier alpha value is -3.36. The molecule has 0 radical (unpaired) electrons. The molecule has 0 spiro atoms. The Labute approximate surface area is 198 Å². The van der Waals surface area contributed by atoms with Crippen molar-refractivity contribution in [1.29, 1.82) is 0 Å². The van der Waals surface area contributed by atoms with Gasteiger partial charge in [-0.3, -0.25) is 14.5 Å². The SMILES string of the molecule is CCOC(=O)c1ccc(-c2ccc(/C=C3/SC(=O)N(Cc4ccc(F)cc4Cl)C3=O)o2)cc1. The minimum absolute atomic E-state index is 0.0582. The molecule has 0 N–H and O–H groups in total. The third-order valence-electron chi connectivity index (χ3n) is 4.80. The summed E-state index contributed by atoms with van der Waals surface area (Å²) in [4.78, 5) is 38.2. The number of hydrogen-bond acceptors (Lipinski definition) is 6. The van der Waals surface area contributed by atoms with Crippen LogP contribution in [0.2, 0.25) is 5.02 Å². The average molecular weight is 486 g/mol. The van der Waals surface area contributed by atoms with Crippen molar-refractivity contribution in [3.63, 3.8) is 0 Å². The average Bonchev–Trinajstić information content (AvgIpc) is 3.36. The van der Waals surface area contributed by atoms with Gasteiger partial charge in [0.05, 0.1) is 23.6 Å². The van der Waals surface area contributed by atoms with Gasteiger partial charge in [-0.1, -0.05) is 29.8 Å². The molecule has 2 aromatic carbocycles. The molecule has 3 aromatic rings. The predicted molar refractivity (Wildman–Crippen MR) is 123 cm³/mol. The van der Waals surface area contributed by atoms with Gasteiger partial charge in [-0.15, -0.1) is 0 Å². The molecule has 0 atom stereocenters. The summed E-state index contributed by atoms with van der Waals surface area (Å²) in [7, 11) is 0. The Morgan fingerprint density at radius 3 is 2.61 bits per heavy atom. The molecule has 1 fully saturated rings. The zero-order valence-electron chi connectivity index (χ0n) is 17.3. The van der Waals surface area contributed by atoms with Crippen LogP contribution in [0.3, 0.4) is 0 Å². The number of amides is 2. The van der Waals surface area contributed by atoms with Crippen molar-refractivity contribution in [3.05, 3.63) is 87.2 Å². The van der Waals surface area contributed by atoms with E-state index in [4.69, 9.17) is 20.8 Å². The second kappa shape index (κ2) is 9.64. The van der Waals surface area contributed by atoms with Gasteiger partial charge in [-0.25, -0.2) is 9.18 Å². The summed E-state index contributed by atoms with van der Waals surface area (Å²) < 4.78 is 24.0. The second-order valence-electron chi connectivity index (χ2n) is 7.00. The summed E-state index contributed by atoms with van der Waals surface area (Å²) >= 11 is 6.81. The Kier molecular flexibility index (Phi) is 6.67. The van der Waals surface area contributed by atoms with Crippen molar-refractivity contribution in [2.24, 2.45) is 0 Å². The molecule has 0 aliphatic carbocycles. The van der Waals surface area contributed by atoms with Gasteiger partial charge in [-0.2, -0.15) is 0 Å². The molecular weight excluding hydrogens is 469 g/mol. The number of nitrogens with zero attached hydrogens (tertiary/aromatic N) is 1. The highest BCUT2D eigenvalue weighted by molar-refractivity contribution is 8.18. The van der Waals surface area contributed by atoms with E-state index >= 15 is 0 Å². The molecule has 2 heterocycles. The minimum Gasteiger partial charge on any atom is -0.462 e. The van der Waals surface area contributed by atoms with Crippen LogP contribution in [0.15, 0.2) is 63.9 Å². The molecule has 2 amide bonds. The van der Waals surface area contributed by atoms with Crippen LogP contribution in [0, 0.1) is 5.82 Å². The zero-order valence-corrected chi connectivity index (χ0v) is 18.9. The van der Waals surface area contributed by atoms with Crippen LogP contribution in [-0.4, -0.2) is 28.6 Å². The van der Waals surface area contributed by atoms with E-state index in [1.807, 2.05) is 0 Å². The lowest BCUT2D eigenvalue weighted by Crippen LogP contribution is -2.27. The highest BCUT2D eigenvalue weighted by atomic mass is 35.5. The van der Waals surface area contributed by atoms with Crippen molar-refractivity contribution in [3.8, 4) is 11.3 Å². The first-order valence-electron chi connectivity index (χ1n) is 9.92. The summed E-state index contributed by atoms with van der Waals surface area (Å²) in [6.45, 7) is 1.98. The fourth-order valence-corrected chi connectivity index (χ4v) is 4.20. The fourth-order valence-electron chi connectivity index (χ4n) is 3.16. The lowest BCUT2D eigenvalue weighted by molar-refractivity contribution is -0.123. The summed E-state index contributed by atoms with van der Waals surface area (Å²) in [6, 6.07) is 14.0. The van der Waals surface area contributed by atoms with Gasteiger partial charge in [0.1, 0.15) is 17.3 Å². The first-order valence-corrected chi connectivity index (χ1v) is 11.1. The van der Waals surface area contributed by atoms with Gasteiger partial charge in [-0.05, 0) is 60.6 Å². The lowest BCUT2D eigenvalue weighted by atomic mass is 10.1. The number of furan rings is 1. The molecule has 1 saturated heterocycles. The molecule has 168 valence electrons. The van der Waals surface area contributed by atoms with Crippen LogP contribution in [0.4, 0.5) is 9.18 Å². The maximum absolute atomic E-state index is 13.3. The van der Waals surface area contributed by atoms with Gasteiger partial charge >= 0.3 is 5.97 Å². The second-order valence-corrected chi connectivity index (χ2v) is 8.40. The largest absolute Gasteiger partial charge is 0.462 e. The van der Waals surface area contributed by atoms with E-state index in [-0.39, 0.29) is 16.5 Å². The molecule has 0 unspecified atom stereocenters. The number of hydrogen-bond donors (Lipinski definition) is 0. The van der Waals surface area contributed by atoms with Gasteiger partial charge in [0.15, 0.2) is 0 Å². The summed E-state index contributed by atoms with van der Waals surface area (Å²) in [5.74, 6) is -0.454. The zero-order chi connectivity index (χ0) is 23.5. The van der Waals surface area contributed by atoms with Gasteiger partial charge in [0.2, 0.25) is 0 Å². The van der Waals surface area contributed by atoms with Crippen LogP contribution < -0.4 is 0 Å². The molecule has 33 heavy (non-hydrogen) atoms. The Morgan fingerprint density at radius 2 is 1.91 bits per heavy atom. The number of ether oxygens (including phenoxy) is 1. The van der Waals surface area contributed by atoms with Gasteiger partial charge < -0.3 is 9.15 Å². The Morgan fingerprint density at radius 1 is 1.15 bits per heavy atom. The van der Waals surface area contributed by atoms with Crippen molar-refractivity contribution in [2.75, 3.05) is 6.61 Å². The van der Waals surface area contributed by atoms with Crippen molar-refractivity contribution >= 4 is 46.6 Å². The first-order chi connectivity index (χ1) is 15.9. The molecule has 1 aliphatic rings. The Balaban J connectivity index is 1.49. The molecule has 0 saturated carbocycles. The number of carbonyl (C=O) groups is 3. The van der Waals surface area contributed by atoms with Crippen LogP contribution in [-0.2, 0) is 16.1 Å². The summed E-state index contributed by atoms with van der Waals surface area (Å²) in [5.41, 5.74) is 1.64. The van der Waals surface area contributed by atoms with Crippen molar-refractivity contribution in [2.45, 2.75) is 13.5 Å². The number of imide groups is 1. The normalized spacial score (nSPS) is 14.9. The number of halogens is 2. The molecule has 0 bridgehead atoms. The summed E-state index contributed by atoms with van der Waals surface area (Å²) in [5, 5.41) is -0.310. The number of esters is 1. The number of rotatable bonds is 6. The molecule has 1 aliphatic heterocycles. The first kappa shape index (κ1) is 22.8. The van der Waals surface area contributed by atoms with E-state index in [0.717, 1.165) is 28.3 Å². The maximum atomic E-state index is 13.3. The van der Waals surface area contributed by atoms with Crippen LogP contribution in [0.1, 0.15) is 28.6 Å². The minimum atomic E-state index is -0.498. The number of benzene rings is 2. The van der Waals surface area contributed by atoms with Crippen LogP contribution in [0.5, 0.6) is 0 Å². The third-order valence-corrected chi connectivity index (χ3v) is 6.06. The van der Waals surface area contributed by atoms with E-state index in [1.165, 1.54) is 18.2 Å². The highest BCUT2D eigenvalue weighted by Gasteiger charge is 2.35. The monoisotopic (exact) mass is 485 g/mol. The maximum Gasteiger partial charge on any atom is 0.338 e. The molecule has 4 rings (SSSR count). The van der Waals surface area contributed by atoms with E-state index < -0.39 is 22.9 Å². The van der Waals surface area contributed by atoms with E-state index in [9.17, 15) is 18.8 Å². The van der Waals surface area contributed by atoms with Crippen LogP contribution in [0.25, 0.3) is 17.4 Å². The topological polar surface area (TPSA) is 76.8 Å². The highest BCUT2D eigenvalue weighted by Crippen LogP contribution is 2.35. The molecular formula is C24H17ClFNO5S. The quantitative estimate of drug-likeness (QED) is 0.308. The molecule has 6 nitrogen and oxygen atoms in total. The van der Waals surface area contributed by atoms with Crippen molar-refractivity contribution < 1.29 is 27.9 Å². The van der Waals surface area contributed by atoms with E-state index in [0.29, 0.717) is 29.3 Å². The smallest absolute Gasteiger partial charge is 0.338 e.